The van der Waals surface area contributed by atoms with Crippen LogP contribution in [-0.4, -0.2) is 4.98 Å². The van der Waals surface area contributed by atoms with Crippen LogP contribution < -0.4 is 10.3 Å². The van der Waals surface area contributed by atoms with Crippen LogP contribution in [0.25, 0.3) is 11.1 Å². The predicted octanol–water partition coefficient (Wildman–Crippen LogP) is 1.69. The van der Waals surface area contributed by atoms with Crippen LogP contribution in [0.4, 0.5) is 0 Å². The van der Waals surface area contributed by atoms with E-state index < -0.39 is 0 Å². The van der Waals surface area contributed by atoms with Crippen LogP contribution >= 0.6 is 0 Å². The highest BCUT2D eigenvalue weighted by molar-refractivity contribution is 5.61. The third kappa shape index (κ3) is 2.25. The molecule has 3 heteroatoms. The molecular weight excluding hydrogens is 198 g/mol. The van der Waals surface area contributed by atoms with Gasteiger partial charge in [-0.15, -0.1) is 0 Å². The van der Waals surface area contributed by atoms with Crippen molar-refractivity contribution in [1.82, 2.24) is 4.98 Å². The minimum atomic E-state index is -0.364. The molecule has 0 amide bonds. The lowest BCUT2D eigenvalue weighted by atomic mass is 10.1. The van der Waals surface area contributed by atoms with Gasteiger partial charge in [-0.1, -0.05) is 0 Å². The fourth-order valence-electron chi connectivity index (χ4n) is 1.55. The van der Waals surface area contributed by atoms with Gasteiger partial charge in [-0.05, 0) is 23.3 Å². The molecule has 2 aromatic rings. The van der Waals surface area contributed by atoms with E-state index >= 15 is 0 Å². The summed E-state index contributed by atoms with van der Waals surface area (Å²) in [5, 5.41) is 0. The van der Waals surface area contributed by atoms with Gasteiger partial charge in [-0.2, -0.15) is 4.57 Å². The van der Waals surface area contributed by atoms with E-state index in [1.807, 2.05) is 42.9 Å². The lowest BCUT2D eigenvalue weighted by Crippen LogP contribution is -2.57. The molecule has 0 saturated carbocycles. The van der Waals surface area contributed by atoms with Gasteiger partial charge in [0, 0.05) is 38.4 Å². The van der Waals surface area contributed by atoms with Crippen molar-refractivity contribution < 1.29 is 4.57 Å². The first kappa shape index (κ1) is 10.8. The lowest BCUT2D eigenvalue weighted by Gasteiger charge is -2.12. The number of hydrogen-bond donors (Lipinski definition) is 1. The van der Waals surface area contributed by atoms with Crippen LogP contribution in [0.15, 0.2) is 49.1 Å². The summed E-state index contributed by atoms with van der Waals surface area (Å²) in [6.45, 7) is 3.94. The van der Waals surface area contributed by atoms with Crippen molar-refractivity contribution in [1.29, 1.82) is 0 Å². The Hall–Kier alpha value is -1.74. The highest BCUT2D eigenvalue weighted by Gasteiger charge is 2.20. The molecule has 0 fully saturated rings. The summed E-state index contributed by atoms with van der Waals surface area (Å²) in [7, 11) is 0. The number of nitrogens with two attached hydrogens (primary N) is 1. The molecular formula is C13H16N3+. The van der Waals surface area contributed by atoms with E-state index in [2.05, 4.69) is 17.1 Å². The first-order valence-electron chi connectivity index (χ1n) is 5.28. The van der Waals surface area contributed by atoms with Crippen molar-refractivity contribution in [2.24, 2.45) is 5.73 Å². The Morgan fingerprint density at radius 3 is 2.00 bits per heavy atom. The molecule has 82 valence electrons. The van der Waals surface area contributed by atoms with E-state index in [0.29, 0.717) is 0 Å². The second-order valence-corrected chi connectivity index (χ2v) is 4.38. The normalized spacial score (nSPS) is 11.4. The summed E-state index contributed by atoms with van der Waals surface area (Å²) in [5.74, 6) is 0. The topological polar surface area (TPSA) is 42.8 Å². The van der Waals surface area contributed by atoms with E-state index in [9.17, 15) is 0 Å². The molecule has 3 nitrogen and oxygen atoms in total. The van der Waals surface area contributed by atoms with Crippen molar-refractivity contribution >= 4 is 0 Å². The summed E-state index contributed by atoms with van der Waals surface area (Å²) in [6, 6.07) is 8.11. The fraction of sp³-hybridized carbons (Fsp3) is 0.231. The van der Waals surface area contributed by atoms with Crippen LogP contribution in [0.2, 0.25) is 0 Å². The van der Waals surface area contributed by atoms with Gasteiger partial charge < -0.3 is 0 Å². The Bertz CT molecular complexity index is 455. The summed E-state index contributed by atoms with van der Waals surface area (Å²) >= 11 is 0. The zero-order valence-electron chi connectivity index (χ0n) is 9.59. The van der Waals surface area contributed by atoms with Gasteiger partial charge in [0.05, 0.1) is 0 Å². The molecule has 0 atom stereocenters. The number of rotatable bonds is 2. The summed E-state index contributed by atoms with van der Waals surface area (Å²) < 4.78 is 1.98. The minimum Gasteiger partial charge on any atom is -0.271 e. The van der Waals surface area contributed by atoms with E-state index in [1.165, 1.54) is 5.56 Å². The molecule has 0 aliphatic rings. The lowest BCUT2D eigenvalue weighted by molar-refractivity contribution is -0.757. The largest absolute Gasteiger partial charge is 0.271 e. The Balaban J connectivity index is 2.34. The quantitative estimate of drug-likeness (QED) is 0.773. The average Bonchev–Trinajstić information content (AvgIpc) is 2.29. The molecule has 0 aliphatic carbocycles. The molecule has 16 heavy (non-hydrogen) atoms. The second-order valence-electron chi connectivity index (χ2n) is 4.38. The molecule has 0 saturated heterocycles. The van der Waals surface area contributed by atoms with Crippen LogP contribution in [0.3, 0.4) is 0 Å². The zero-order chi connectivity index (χ0) is 11.6. The van der Waals surface area contributed by atoms with E-state index in [-0.39, 0.29) is 5.66 Å². The smallest absolute Gasteiger partial charge is 0.213 e. The molecule has 2 heterocycles. The van der Waals surface area contributed by atoms with Crippen molar-refractivity contribution in [2.75, 3.05) is 0 Å². The third-order valence-corrected chi connectivity index (χ3v) is 2.51. The fourth-order valence-corrected chi connectivity index (χ4v) is 1.55. The molecule has 0 aromatic carbocycles. The van der Waals surface area contributed by atoms with Gasteiger partial charge in [0.25, 0.3) is 0 Å². The molecule has 0 bridgehead atoms. The number of hydrogen-bond acceptors (Lipinski definition) is 2. The van der Waals surface area contributed by atoms with Crippen molar-refractivity contribution in [3.8, 4) is 11.1 Å². The Morgan fingerprint density at radius 1 is 1.00 bits per heavy atom. The average molecular weight is 214 g/mol. The van der Waals surface area contributed by atoms with Gasteiger partial charge in [0.15, 0.2) is 12.4 Å². The summed E-state index contributed by atoms with van der Waals surface area (Å²) in [6.07, 6.45) is 7.58. The van der Waals surface area contributed by atoms with Crippen LogP contribution in [0.1, 0.15) is 13.8 Å². The highest BCUT2D eigenvalue weighted by atomic mass is 15.1. The van der Waals surface area contributed by atoms with Crippen LogP contribution in [-0.2, 0) is 5.66 Å². The van der Waals surface area contributed by atoms with Gasteiger partial charge in [0.2, 0.25) is 5.66 Å². The van der Waals surface area contributed by atoms with Crippen molar-refractivity contribution in [3.63, 3.8) is 0 Å². The Labute approximate surface area is 95.6 Å². The van der Waals surface area contributed by atoms with Crippen LogP contribution in [0, 0.1) is 0 Å². The summed E-state index contributed by atoms with van der Waals surface area (Å²) in [4.78, 5) is 4.00. The number of aromatic nitrogens is 2. The molecule has 0 spiro atoms. The Kier molecular flexibility index (Phi) is 2.71. The van der Waals surface area contributed by atoms with Crippen molar-refractivity contribution in [3.05, 3.63) is 49.1 Å². The van der Waals surface area contributed by atoms with Gasteiger partial charge in [0.1, 0.15) is 0 Å². The number of nitrogens with zero attached hydrogens (tertiary/aromatic N) is 2. The monoisotopic (exact) mass is 214 g/mol. The van der Waals surface area contributed by atoms with Gasteiger partial charge in [-0.25, -0.2) is 0 Å². The van der Waals surface area contributed by atoms with Gasteiger partial charge in [-0.3, -0.25) is 10.7 Å². The number of pyridine rings is 2. The minimum absolute atomic E-state index is 0.364. The Morgan fingerprint density at radius 2 is 1.50 bits per heavy atom. The molecule has 2 aromatic heterocycles. The molecule has 0 unspecified atom stereocenters. The molecule has 0 aliphatic heterocycles. The zero-order valence-corrected chi connectivity index (χ0v) is 9.59. The van der Waals surface area contributed by atoms with E-state index in [0.717, 1.165) is 5.56 Å². The maximum absolute atomic E-state index is 6.00. The third-order valence-electron chi connectivity index (χ3n) is 2.51. The van der Waals surface area contributed by atoms with Crippen molar-refractivity contribution in [2.45, 2.75) is 19.5 Å². The second kappa shape index (κ2) is 4.02. The highest BCUT2D eigenvalue weighted by Crippen LogP contribution is 2.16. The predicted molar refractivity (Wildman–Crippen MR) is 63.4 cm³/mol. The molecule has 2 rings (SSSR count). The SMILES string of the molecule is CC(C)(N)[n+]1ccc(-c2ccncc2)cc1. The van der Waals surface area contributed by atoms with Gasteiger partial charge >= 0.3 is 0 Å². The summed E-state index contributed by atoms with van der Waals surface area (Å²) in [5.41, 5.74) is 7.97. The maximum atomic E-state index is 6.00. The van der Waals surface area contributed by atoms with E-state index in [4.69, 9.17) is 5.73 Å². The molecule has 0 radical (unpaired) electrons. The molecule has 2 N–H and O–H groups in total. The first-order valence-corrected chi connectivity index (χ1v) is 5.28. The van der Waals surface area contributed by atoms with E-state index in [1.54, 1.807) is 12.4 Å². The first-order chi connectivity index (χ1) is 7.57. The van der Waals surface area contributed by atoms with Crippen LogP contribution in [0.5, 0.6) is 0 Å². The standard InChI is InChI=1S/C13H16N3/c1-13(2,14)16-9-5-12(6-10-16)11-3-7-15-8-4-11/h3-10H,14H2,1-2H3/q+1. The maximum Gasteiger partial charge on any atom is 0.213 e.